The van der Waals surface area contributed by atoms with Gasteiger partial charge >= 0.3 is 0 Å². The summed E-state index contributed by atoms with van der Waals surface area (Å²) in [4.78, 5) is 1.30. The Morgan fingerprint density at radius 3 is 2.94 bits per heavy atom. The van der Waals surface area contributed by atoms with Crippen molar-refractivity contribution in [3.63, 3.8) is 0 Å². The number of fused-ring (bicyclic) bond motifs is 1. The molecular weight excluding hydrogens is 242 g/mol. The molecule has 3 rings (SSSR count). The fourth-order valence-corrected chi connectivity index (χ4v) is 3.65. The molecule has 0 radical (unpaired) electrons. The van der Waals surface area contributed by atoms with Crippen molar-refractivity contribution < 1.29 is 4.74 Å². The predicted molar refractivity (Wildman–Crippen MR) is 75.3 cm³/mol. The highest BCUT2D eigenvalue weighted by molar-refractivity contribution is 7.10. The Balaban J connectivity index is 1.97. The Kier molecular flexibility index (Phi) is 3.10. The topological polar surface area (TPSA) is 35.2 Å². The van der Waals surface area contributed by atoms with Crippen molar-refractivity contribution in [2.75, 3.05) is 6.61 Å². The van der Waals surface area contributed by atoms with Gasteiger partial charge < -0.3 is 10.5 Å². The van der Waals surface area contributed by atoms with Crippen LogP contribution in [0.4, 0.5) is 0 Å². The lowest BCUT2D eigenvalue weighted by Crippen LogP contribution is -2.25. The molecule has 2 N–H and O–H groups in total. The second-order valence-corrected chi connectivity index (χ2v) is 5.72. The van der Waals surface area contributed by atoms with Gasteiger partial charge in [-0.05, 0) is 42.0 Å². The number of rotatable bonds is 2. The minimum atomic E-state index is 0.0787. The van der Waals surface area contributed by atoms with Gasteiger partial charge in [0.05, 0.1) is 6.61 Å². The van der Waals surface area contributed by atoms with Crippen LogP contribution in [-0.4, -0.2) is 6.61 Å². The van der Waals surface area contributed by atoms with Crippen LogP contribution in [0.3, 0.4) is 0 Å². The van der Waals surface area contributed by atoms with Crippen LogP contribution >= 0.6 is 11.3 Å². The van der Waals surface area contributed by atoms with E-state index in [4.69, 9.17) is 10.5 Å². The summed E-state index contributed by atoms with van der Waals surface area (Å²) in [5, 5.41) is 2.12. The van der Waals surface area contributed by atoms with Crippen LogP contribution < -0.4 is 10.5 Å². The molecule has 0 aliphatic carbocycles. The van der Waals surface area contributed by atoms with Gasteiger partial charge in [-0.1, -0.05) is 18.2 Å². The van der Waals surface area contributed by atoms with Crippen molar-refractivity contribution in [2.45, 2.75) is 25.3 Å². The number of para-hydroxylation sites is 1. The normalized spacial score (nSPS) is 20.0. The van der Waals surface area contributed by atoms with Crippen molar-refractivity contribution >= 4 is 11.3 Å². The van der Waals surface area contributed by atoms with Crippen LogP contribution in [0.1, 0.15) is 34.4 Å². The van der Waals surface area contributed by atoms with Gasteiger partial charge in [0.25, 0.3) is 0 Å². The number of ether oxygens (including phenoxy) is 1. The van der Waals surface area contributed by atoms with Gasteiger partial charge in [-0.2, -0.15) is 0 Å². The molecule has 2 aromatic rings. The van der Waals surface area contributed by atoms with Crippen molar-refractivity contribution in [1.82, 2.24) is 0 Å². The lowest BCUT2D eigenvalue weighted by atomic mass is 9.85. The van der Waals surface area contributed by atoms with Crippen molar-refractivity contribution in [3.05, 3.63) is 51.7 Å². The van der Waals surface area contributed by atoms with Crippen LogP contribution in [0, 0.1) is 6.92 Å². The maximum atomic E-state index is 6.48. The van der Waals surface area contributed by atoms with Crippen molar-refractivity contribution in [2.24, 2.45) is 5.73 Å². The van der Waals surface area contributed by atoms with Crippen LogP contribution in [0.25, 0.3) is 0 Å². The van der Waals surface area contributed by atoms with Crippen LogP contribution in [0.2, 0.25) is 0 Å². The van der Waals surface area contributed by atoms with Crippen molar-refractivity contribution in [1.29, 1.82) is 0 Å². The van der Waals surface area contributed by atoms with Gasteiger partial charge in [-0.25, -0.2) is 0 Å². The highest BCUT2D eigenvalue weighted by Crippen LogP contribution is 2.41. The molecule has 3 heteroatoms. The summed E-state index contributed by atoms with van der Waals surface area (Å²) in [7, 11) is 0. The Morgan fingerprint density at radius 1 is 1.33 bits per heavy atom. The Hall–Kier alpha value is -1.32. The summed E-state index contributed by atoms with van der Waals surface area (Å²) in [5.74, 6) is 1.37. The van der Waals surface area contributed by atoms with Crippen LogP contribution in [-0.2, 0) is 0 Å². The standard InChI is InChI=1S/C15H17NOS/c1-10-7-9-18-15(10)14(16)12-6-8-17-13-5-3-2-4-11(12)13/h2-5,7,9,12,14H,6,8,16H2,1H3. The highest BCUT2D eigenvalue weighted by Gasteiger charge is 2.28. The SMILES string of the molecule is Cc1ccsc1C(N)C1CCOc2ccccc21. The highest BCUT2D eigenvalue weighted by atomic mass is 32.1. The second-order valence-electron chi connectivity index (χ2n) is 4.78. The molecule has 0 amide bonds. The molecule has 1 aromatic heterocycles. The minimum Gasteiger partial charge on any atom is -0.493 e. The van der Waals surface area contributed by atoms with E-state index < -0.39 is 0 Å². The summed E-state index contributed by atoms with van der Waals surface area (Å²) >= 11 is 1.76. The lowest BCUT2D eigenvalue weighted by Gasteiger charge is -2.30. The van der Waals surface area contributed by atoms with Gasteiger partial charge in [-0.15, -0.1) is 11.3 Å². The molecule has 2 heterocycles. The Labute approximate surface area is 111 Å². The first-order valence-corrected chi connectivity index (χ1v) is 7.16. The van der Waals surface area contributed by atoms with E-state index in [2.05, 4.69) is 30.5 Å². The van der Waals surface area contributed by atoms with Gasteiger partial charge in [0.1, 0.15) is 5.75 Å². The van der Waals surface area contributed by atoms with Crippen LogP contribution in [0.5, 0.6) is 5.75 Å². The third kappa shape index (κ3) is 1.93. The predicted octanol–water partition coefficient (Wildman–Crippen LogP) is 3.62. The average molecular weight is 259 g/mol. The van der Waals surface area contributed by atoms with E-state index in [1.807, 2.05) is 12.1 Å². The summed E-state index contributed by atoms with van der Waals surface area (Å²) in [6.45, 7) is 2.90. The number of nitrogens with two attached hydrogens (primary N) is 1. The fraction of sp³-hybridized carbons (Fsp3) is 0.333. The lowest BCUT2D eigenvalue weighted by molar-refractivity contribution is 0.256. The number of aryl methyl sites for hydroxylation is 1. The van der Waals surface area contributed by atoms with E-state index in [-0.39, 0.29) is 6.04 Å². The fourth-order valence-electron chi connectivity index (χ4n) is 2.65. The number of thiophene rings is 1. The minimum absolute atomic E-state index is 0.0787. The molecule has 1 aliphatic rings. The molecule has 0 spiro atoms. The summed E-state index contributed by atoms with van der Waals surface area (Å²) < 4.78 is 5.70. The molecule has 1 aliphatic heterocycles. The monoisotopic (exact) mass is 259 g/mol. The van der Waals surface area contributed by atoms with E-state index in [9.17, 15) is 0 Å². The largest absolute Gasteiger partial charge is 0.493 e. The van der Waals surface area contributed by atoms with Crippen LogP contribution in [0.15, 0.2) is 35.7 Å². The summed E-state index contributed by atoms with van der Waals surface area (Å²) in [6, 6.07) is 10.5. The van der Waals surface area contributed by atoms with Gasteiger partial charge in [-0.3, -0.25) is 0 Å². The molecule has 2 unspecified atom stereocenters. The number of benzene rings is 1. The van der Waals surface area contributed by atoms with E-state index in [1.165, 1.54) is 16.0 Å². The molecule has 1 aromatic carbocycles. The molecule has 0 saturated heterocycles. The van der Waals surface area contributed by atoms with Gasteiger partial charge in [0.2, 0.25) is 0 Å². The molecule has 18 heavy (non-hydrogen) atoms. The van der Waals surface area contributed by atoms with Gasteiger partial charge in [0.15, 0.2) is 0 Å². The smallest absolute Gasteiger partial charge is 0.122 e. The Morgan fingerprint density at radius 2 is 2.17 bits per heavy atom. The summed E-state index contributed by atoms with van der Waals surface area (Å²) in [6.07, 6.45) is 0.996. The molecule has 2 atom stereocenters. The molecule has 94 valence electrons. The van der Waals surface area contributed by atoms with E-state index in [0.717, 1.165) is 18.8 Å². The number of hydrogen-bond acceptors (Lipinski definition) is 3. The molecule has 0 fully saturated rings. The molecule has 0 saturated carbocycles. The first-order valence-electron chi connectivity index (χ1n) is 6.28. The third-order valence-electron chi connectivity index (χ3n) is 3.64. The zero-order valence-corrected chi connectivity index (χ0v) is 11.2. The first-order chi connectivity index (χ1) is 8.77. The third-order valence-corrected chi connectivity index (χ3v) is 4.76. The van der Waals surface area contributed by atoms with Gasteiger partial charge in [0, 0.05) is 16.8 Å². The number of hydrogen-bond donors (Lipinski definition) is 1. The zero-order chi connectivity index (χ0) is 12.5. The molecule has 2 nitrogen and oxygen atoms in total. The average Bonchev–Trinajstić information content (AvgIpc) is 2.83. The van der Waals surface area contributed by atoms with E-state index in [1.54, 1.807) is 11.3 Å². The first kappa shape index (κ1) is 11.8. The molecule has 0 bridgehead atoms. The van der Waals surface area contributed by atoms with E-state index >= 15 is 0 Å². The van der Waals surface area contributed by atoms with Crippen molar-refractivity contribution in [3.8, 4) is 5.75 Å². The maximum absolute atomic E-state index is 6.48. The molecular formula is C15H17NOS. The Bertz CT molecular complexity index is 549. The summed E-state index contributed by atoms with van der Waals surface area (Å²) in [5.41, 5.74) is 9.04. The zero-order valence-electron chi connectivity index (χ0n) is 10.4. The maximum Gasteiger partial charge on any atom is 0.122 e. The van der Waals surface area contributed by atoms with E-state index in [0.29, 0.717) is 5.92 Å². The second kappa shape index (κ2) is 4.75. The quantitative estimate of drug-likeness (QED) is 0.894.